The van der Waals surface area contributed by atoms with Crippen LogP contribution in [0.1, 0.15) is 31.4 Å². The van der Waals surface area contributed by atoms with E-state index in [4.69, 9.17) is 17.3 Å². The van der Waals surface area contributed by atoms with Crippen molar-refractivity contribution in [2.45, 2.75) is 39.7 Å². The van der Waals surface area contributed by atoms with Gasteiger partial charge in [0.05, 0.1) is 0 Å². The lowest BCUT2D eigenvalue weighted by molar-refractivity contribution is 0.493. The molecule has 0 spiro atoms. The number of benzene rings is 1. The number of aryl methyl sites for hydroxylation is 1. The zero-order valence-electron chi connectivity index (χ0n) is 9.76. The van der Waals surface area contributed by atoms with E-state index in [0.717, 1.165) is 23.4 Å². The molecule has 15 heavy (non-hydrogen) atoms. The minimum atomic E-state index is 0.255. The van der Waals surface area contributed by atoms with Gasteiger partial charge in [0.15, 0.2) is 0 Å². The van der Waals surface area contributed by atoms with Crippen LogP contribution in [0, 0.1) is 12.8 Å². The molecule has 1 aromatic rings. The highest BCUT2D eigenvalue weighted by Crippen LogP contribution is 2.18. The molecule has 84 valence electrons. The van der Waals surface area contributed by atoms with Crippen LogP contribution in [0.4, 0.5) is 0 Å². The molecule has 0 radical (unpaired) electrons. The lowest BCUT2D eigenvalue weighted by Crippen LogP contribution is -2.24. The summed E-state index contributed by atoms with van der Waals surface area (Å²) in [7, 11) is 0. The van der Waals surface area contributed by atoms with Crippen molar-refractivity contribution >= 4 is 11.6 Å². The van der Waals surface area contributed by atoms with E-state index in [-0.39, 0.29) is 6.04 Å². The quantitative estimate of drug-likeness (QED) is 0.833. The van der Waals surface area contributed by atoms with Gasteiger partial charge in [0.1, 0.15) is 0 Å². The minimum Gasteiger partial charge on any atom is -0.327 e. The summed E-state index contributed by atoms with van der Waals surface area (Å²) in [6.07, 6.45) is 2.01. The van der Waals surface area contributed by atoms with E-state index in [1.165, 1.54) is 5.56 Å². The molecule has 0 aliphatic carbocycles. The Labute approximate surface area is 97.6 Å². The van der Waals surface area contributed by atoms with Gasteiger partial charge in [-0.1, -0.05) is 37.6 Å². The van der Waals surface area contributed by atoms with E-state index in [0.29, 0.717) is 5.92 Å². The Bertz CT molecular complexity index is 320. The topological polar surface area (TPSA) is 26.0 Å². The van der Waals surface area contributed by atoms with Gasteiger partial charge in [0.25, 0.3) is 0 Å². The van der Waals surface area contributed by atoms with Gasteiger partial charge in [-0.05, 0) is 42.9 Å². The first-order valence-electron chi connectivity index (χ1n) is 5.49. The van der Waals surface area contributed by atoms with Crippen molar-refractivity contribution < 1.29 is 0 Å². The van der Waals surface area contributed by atoms with Crippen molar-refractivity contribution in [3.8, 4) is 0 Å². The molecule has 0 aliphatic heterocycles. The standard InChI is InChI=1S/C13H20ClN/c1-9(2)6-12(15)8-11-4-5-13(14)10(3)7-11/h4-5,7,9,12H,6,8,15H2,1-3H3. The van der Waals surface area contributed by atoms with Gasteiger partial charge in [0.2, 0.25) is 0 Å². The fraction of sp³-hybridized carbons (Fsp3) is 0.538. The summed E-state index contributed by atoms with van der Waals surface area (Å²) in [6, 6.07) is 6.40. The third-order valence-corrected chi connectivity index (χ3v) is 2.92. The van der Waals surface area contributed by atoms with E-state index in [1.54, 1.807) is 0 Å². The minimum absolute atomic E-state index is 0.255. The second-order valence-electron chi connectivity index (χ2n) is 4.68. The summed E-state index contributed by atoms with van der Waals surface area (Å²) in [5.41, 5.74) is 8.47. The largest absolute Gasteiger partial charge is 0.327 e. The third-order valence-electron chi connectivity index (χ3n) is 2.49. The predicted octanol–water partition coefficient (Wildman–Crippen LogP) is 3.56. The molecule has 0 amide bonds. The number of rotatable bonds is 4. The molecule has 2 heteroatoms. The normalized spacial score (nSPS) is 13.2. The number of hydrogen-bond acceptors (Lipinski definition) is 1. The van der Waals surface area contributed by atoms with Gasteiger partial charge in [-0.3, -0.25) is 0 Å². The zero-order valence-corrected chi connectivity index (χ0v) is 10.5. The lowest BCUT2D eigenvalue weighted by atomic mass is 9.97. The molecule has 0 saturated carbocycles. The van der Waals surface area contributed by atoms with Gasteiger partial charge in [-0.15, -0.1) is 0 Å². The van der Waals surface area contributed by atoms with E-state index in [9.17, 15) is 0 Å². The smallest absolute Gasteiger partial charge is 0.0435 e. The molecule has 1 atom stereocenters. The van der Waals surface area contributed by atoms with Crippen LogP contribution in [0.2, 0.25) is 5.02 Å². The fourth-order valence-electron chi connectivity index (χ4n) is 1.83. The summed E-state index contributed by atoms with van der Waals surface area (Å²) in [6.45, 7) is 6.43. The first kappa shape index (κ1) is 12.5. The molecule has 0 aromatic heterocycles. The van der Waals surface area contributed by atoms with Gasteiger partial charge in [-0.25, -0.2) is 0 Å². The van der Waals surface area contributed by atoms with Crippen molar-refractivity contribution in [3.05, 3.63) is 34.3 Å². The SMILES string of the molecule is Cc1cc(CC(N)CC(C)C)ccc1Cl. The van der Waals surface area contributed by atoms with Crippen LogP contribution in [-0.2, 0) is 6.42 Å². The van der Waals surface area contributed by atoms with Crippen molar-refractivity contribution in [1.82, 2.24) is 0 Å². The van der Waals surface area contributed by atoms with Crippen LogP contribution in [0.25, 0.3) is 0 Å². The van der Waals surface area contributed by atoms with Crippen LogP contribution in [0.15, 0.2) is 18.2 Å². The molecular weight excluding hydrogens is 206 g/mol. The van der Waals surface area contributed by atoms with Crippen LogP contribution >= 0.6 is 11.6 Å². The van der Waals surface area contributed by atoms with Gasteiger partial charge in [0, 0.05) is 11.1 Å². The summed E-state index contributed by atoms with van der Waals surface area (Å²) in [5.74, 6) is 0.661. The molecule has 2 N–H and O–H groups in total. The maximum atomic E-state index is 6.06. The maximum absolute atomic E-state index is 6.06. The molecular formula is C13H20ClN. The second-order valence-corrected chi connectivity index (χ2v) is 5.08. The van der Waals surface area contributed by atoms with Gasteiger partial charge < -0.3 is 5.73 Å². The molecule has 1 aromatic carbocycles. The summed E-state index contributed by atoms with van der Waals surface area (Å²) < 4.78 is 0. The molecule has 1 nitrogen and oxygen atoms in total. The lowest BCUT2D eigenvalue weighted by Gasteiger charge is -2.14. The average molecular weight is 226 g/mol. The Morgan fingerprint density at radius 1 is 1.33 bits per heavy atom. The molecule has 0 bridgehead atoms. The molecule has 0 aliphatic rings. The van der Waals surface area contributed by atoms with E-state index in [1.807, 2.05) is 13.0 Å². The molecule has 0 saturated heterocycles. The van der Waals surface area contributed by atoms with Crippen LogP contribution in [0.5, 0.6) is 0 Å². The Balaban J connectivity index is 2.60. The number of hydrogen-bond donors (Lipinski definition) is 1. The number of halogens is 1. The van der Waals surface area contributed by atoms with E-state index >= 15 is 0 Å². The fourth-order valence-corrected chi connectivity index (χ4v) is 1.94. The molecule has 0 heterocycles. The summed E-state index contributed by atoms with van der Waals surface area (Å²) in [5, 5.41) is 0.830. The number of nitrogens with two attached hydrogens (primary N) is 1. The molecule has 1 rings (SSSR count). The predicted molar refractivity (Wildman–Crippen MR) is 67.3 cm³/mol. The molecule has 1 unspecified atom stereocenters. The summed E-state index contributed by atoms with van der Waals surface area (Å²) >= 11 is 5.97. The highest BCUT2D eigenvalue weighted by atomic mass is 35.5. The van der Waals surface area contributed by atoms with Crippen LogP contribution < -0.4 is 5.73 Å². The Morgan fingerprint density at radius 3 is 2.53 bits per heavy atom. The van der Waals surface area contributed by atoms with Crippen molar-refractivity contribution in [2.24, 2.45) is 11.7 Å². The Kier molecular flexibility index (Phi) is 4.62. The van der Waals surface area contributed by atoms with Crippen LogP contribution in [0.3, 0.4) is 0 Å². The van der Waals surface area contributed by atoms with E-state index < -0.39 is 0 Å². The molecule has 0 fully saturated rings. The Morgan fingerprint density at radius 2 is 2.00 bits per heavy atom. The highest BCUT2D eigenvalue weighted by Gasteiger charge is 2.07. The van der Waals surface area contributed by atoms with Gasteiger partial charge in [-0.2, -0.15) is 0 Å². The monoisotopic (exact) mass is 225 g/mol. The van der Waals surface area contributed by atoms with Crippen molar-refractivity contribution in [1.29, 1.82) is 0 Å². The second kappa shape index (κ2) is 5.53. The maximum Gasteiger partial charge on any atom is 0.0435 e. The first-order chi connectivity index (χ1) is 6.99. The van der Waals surface area contributed by atoms with Crippen molar-refractivity contribution in [3.63, 3.8) is 0 Å². The highest BCUT2D eigenvalue weighted by molar-refractivity contribution is 6.31. The van der Waals surface area contributed by atoms with E-state index in [2.05, 4.69) is 26.0 Å². The van der Waals surface area contributed by atoms with Crippen molar-refractivity contribution in [2.75, 3.05) is 0 Å². The average Bonchev–Trinajstić information content (AvgIpc) is 2.10. The first-order valence-corrected chi connectivity index (χ1v) is 5.87. The Hall–Kier alpha value is -0.530. The third kappa shape index (κ3) is 4.23. The van der Waals surface area contributed by atoms with Crippen LogP contribution in [-0.4, -0.2) is 6.04 Å². The van der Waals surface area contributed by atoms with Gasteiger partial charge >= 0.3 is 0 Å². The zero-order chi connectivity index (χ0) is 11.4. The summed E-state index contributed by atoms with van der Waals surface area (Å²) in [4.78, 5) is 0.